The van der Waals surface area contributed by atoms with Gasteiger partial charge in [-0.1, -0.05) is 17.7 Å². The first-order chi connectivity index (χ1) is 5.88. The molecule has 0 aliphatic heterocycles. The molecular formula is C10H13ClFN. The maximum absolute atomic E-state index is 12.7. The van der Waals surface area contributed by atoms with Crippen LogP contribution in [-0.4, -0.2) is 5.54 Å². The van der Waals surface area contributed by atoms with E-state index in [0.29, 0.717) is 11.4 Å². The summed E-state index contributed by atoms with van der Waals surface area (Å²) < 4.78 is 12.7. The SMILES string of the molecule is CC(C)(N)Cc1ccc(F)cc1Cl. The summed E-state index contributed by atoms with van der Waals surface area (Å²) in [6, 6.07) is 4.38. The molecule has 0 fully saturated rings. The molecule has 0 heterocycles. The van der Waals surface area contributed by atoms with Crippen molar-refractivity contribution in [3.8, 4) is 0 Å². The zero-order chi connectivity index (χ0) is 10.1. The maximum atomic E-state index is 12.7. The molecule has 2 N–H and O–H groups in total. The Labute approximate surface area is 82.7 Å². The normalized spacial score (nSPS) is 11.8. The van der Waals surface area contributed by atoms with Gasteiger partial charge in [-0.25, -0.2) is 4.39 Å². The molecule has 1 aromatic carbocycles. The standard InChI is InChI=1S/C10H13ClFN/c1-10(2,13)6-7-3-4-8(12)5-9(7)11/h3-5H,6,13H2,1-2H3. The molecule has 13 heavy (non-hydrogen) atoms. The Morgan fingerprint density at radius 3 is 2.54 bits per heavy atom. The molecule has 0 radical (unpaired) electrons. The van der Waals surface area contributed by atoms with Crippen LogP contribution in [0.15, 0.2) is 18.2 Å². The maximum Gasteiger partial charge on any atom is 0.124 e. The van der Waals surface area contributed by atoms with Gasteiger partial charge in [0.25, 0.3) is 0 Å². The van der Waals surface area contributed by atoms with Crippen molar-refractivity contribution in [2.24, 2.45) is 5.73 Å². The summed E-state index contributed by atoms with van der Waals surface area (Å²) in [6.45, 7) is 3.82. The topological polar surface area (TPSA) is 26.0 Å². The molecule has 0 unspecified atom stereocenters. The first-order valence-corrected chi connectivity index (χ1v) is 4.49. The van der Waals surface area contributed by atoms with Gasteiger partial charge >= 0.3 is 0 Å². The molecule has 0 saturated carbocycles. The summed E-state index contributed by atoms with van der Waals surface area (Å²) in [7, 11) is 0. The summed E-state index contributed by atoms with van der Waals surface area (Å²) in [5.74, 6) is -0.316. The fourth-order valence-electron chi connectivity index (χ4n) is 1.16. The summed E-state index contributed by atoms with van der Waals surface area (Å²) in [6.07, 6.45) is 0.645. The summed E-state index contributed by atoms with van der Waals surface area (Å²) in [4.78, 5) is 0. The highest BCUT2D eigenvalue weighted by molar-refractivity contribution is 6.31. The van der Waals surface area contributed by atoms with Gasteiger partial charge in [-0.3, -0.25) is 0 Å². The highest BCUT2D eigenvalue weighted by atomic mass is 35.5. The van der Waals surface area contributed by atoms with Crippen LogP contribution in [0.1, 0.15) is 19.4 Å². The van der Waals surface area contributed by atoms with Crippen LogP contribution in [0.4, 0.5) is 4.39 Å². The van der Waals surface area contributed by atoms with Crippen LogP contribution < -0.4 is 5.73 Å². The molecule has 0 amide bonds. The van der Waals surface area contributed by atoms with Crippen LogP contribution in [0.2, 0.25) is 5.02 Å². The molecule has 0 aliphatic rings. The van der Waals surface area contributed by atoms with E-state index in [4.69, 9.17) is 17.3 Å². The summed E-state index contributed by atoms with van der Waals surface area (Å²) >= 11 is 5.84. The van der Waals surface area contributed by atoms with Gasteiger partial charge in [0.1, 0.15) is 5.82 Å². The molecule has 0 bridgehead atoms. The Kier molecular flexibility index (Phi) is 2.94. The predicted molar refractivity (Wildman–Crippen MR) is 53.4 cm³/mol. The van der Waals surface area contributed by atoms with Gasteiger partial charge in [0.05, 0.1) is 0 Å². The second kappa shape index (κ2) is 3.64. The summed E-state index contributed by atoms with van der Waals surface area (Å²) in [5, 5.41) is 0.443. The third kappa shape index (κ3) is 3.33. The van der Waals surface area contributed by atoms with E-state index in [-0.39, 0.29) is 11.4 Å². The predicted octanol–water partition coefficient (Wildman–Crippen LogP) is 2.76. The molecule has 1 nitrogen and oxygen atoms in total. The van der Waals surface area contributed by atoms with E-state index < -0.39 is 0 Å². The third-order valence-corrected chi connectivity index (χ3v) is 2.01. The van der Waals surface area contributed by atoms with Crippen molar-refractivity contribution in [3.63, 3.8) is 0 Å². The zero-order valence-electron chi connectivity index (χ0n) is 7.77. The Morgan fingerprint density at radius 1 is 1.46 bits per heavy atom. The molecule has 0 spiro atoms. The molecule has 0 saturated heterocycles. The molecule has 3 heteroatoms. The van der Waals surface area contributed by atoms with Crippen molar-refractivity contribution in [3.05, 3.63) is 34.6 Å². The van der Waals surface area contributed by atoms with Gasteiger partial charge in [0, 0.05) is 10.6 Å². The molecule has 0 aliphatic carbocycles. The lowest BCUT2D eigenvalue weighted by molar-refractivity contribution is 0.516. The number of rotatable bonds is 2. The Morgan fingerprint density at radius 2 is 2.08 bits per heavy atom. The number of hydrogen-bond acceptors (Lipinski definition) is 1. The fourth-order valence-corrected chi connectivity index (χ4v) is 1.39. The largest absolute Gasteiger partial charge is 0.325 e. The van der Waals surface area contributed by atoms with E-state index >= 15 is 0 Å². The molecule has 0 aromatic heterocycles. The smallest absolute Gasteiger partial charge is 0.124 e. The monoisotopic (exact) mass is 201 g/mol. The van der Waals surface area contributed by atoms with Crippen LogP contribution >= 0.6 is 11.6 Å². The van der Waals surface area contributed by atoms with Gasteiger partial charge in [-0.2, -0.15) is 0 Å². The van der Waals surface area contributed by atoms with Crippen LogP contribution in [-0.2, 0) is 6.42 Å². The lowest BCUT2D eigenvalue weighted by atomic mass is 9.96. The second-order valence-corrected chi connectivity index (χ2v) is 4.31. The molecule has 0 atom stereocenters. The average Bonchev–Trinajstić information content (AvgIpc) is 1.93. The Balaban J connectivity index is 2.90. The first-order valence-electron chi connectivity index (χ1n) is 4.11. The first kappa shape index (κ1) is 10.5. The van der Waals surface area contributed by atoms with E-state index in [1.165, 1.54) is 12.1 Å². The number of hydrogen-bond donors (Lipinski definition) is 1. The van der Waals surface area contributed by atoms with Gasteiger partial charge in [0.15, 0.2) is 0 Å². The van der Waals surface area contributed by atoms with Gasteiger partial charge in [0.2, 0.25) is 0 Å². The van der Waals surface area contributed by atoms with Crippen molar-refractivity contribution in [2.75, 3.05) is 0 Å². The minimum Gasteiger partial charge on any atom is -0.325 e. The van der Waals surface area contributed by atoms with E-state index in [2.05, 4.69) is 0 Å². The number of halogens is 2. The molecule has 1 rings (SSSR count). The number of nitrogens with two attached hydrogens (primary N) is 1. The minimum atomic E-state index is -0.318. The Hall–Kier alpha value is -0.600. The van der Waals surface area contributed by atoms with E-state index in [9.17, 15) is 4.39 Å². The van der Waals surface area contributed by atoms with Crippen LogP contribution in [0.25, 0.3) is 0 Å². The van der Waals surface area contributed by atoms with Crippen molar-refractivity contribution >= 4 is 11.6 Å². The minimum absolute atomic E-state index is 0.316. The third-order valence-electron chi connectivity index (χ3n) is 1.66. The van der Waals surface area contributed by atoms with E-state index in [1.807, 2.05) is 13.8 Å². The average molecular weight is 202 g/mol. The van der Waals surface area contributed by atoms with Crippen LogP contribution in [0, 0.1) is 5.82 Å². The molecular weight excluding hydrogens is 189 g/mol. The molecule has 1 aromatic rings. The Bertz CT molecular complexity index is 304. The highest BCUT2D eigenvalue weighted by Crippen LogP contribution is 2.20. The van der Waals surface area contributed by atoms with Crippen molar-refractivity contribution in [1.82, 2.24) is 0 Å². The molecule has 72 valence electrons. The highest BCUT2D eigenvalue weighted by Gasteiger charge is 2.13. The fraction of sp³-hybridized carbons (Fsp3) is 0.400. The van der Waals surface area contributed by atoms with Crippen molar-refractivity contribution < 1.29 is 4.39 Å². The van der Waals surface area contributed by atoms with Crippen LogP contribution in [0.3, 0.4) is 0 Å². The lowest BCUT2D eigenvalue weighted by Crippen LogP contribution is -2.34. The van der Waals surface area contributed by atoms with Crippen molar-refractivity contribution in [1.29, 1.82) is 0 Å². The zero-order valence-corrected chi connectivity index (χ0v) is 8.53. The van der Waals surface area contributed by atoms with Crippen molar-refractivity contribution in [2.45, 2.75) is 25.8 Å². The van der Waals surface area contributed by atoms with E-state index in [0.717, 1.165) is 5.56 Å². The quantitative estimate of drug-likeness (QED) is 0.783. The number of benzene rings is 1. The van der Waals surface area contributed by atoms with Gasteiger partial charge < -0.3 is 5.73 Å². The van der Waals surface area contributed by atoms with Gasteiger partial charge in [-0.15, -0.1) is 0 Å². The van der Waals surface area contributed by atoms with Gasteiger partial charge in [-0.05, 0) is 38.0 Å². The summed E-state index contributed by atoms with van der Waals surface area (Å²) in [5.41, 5.74) is 6.39. The van der Waals surface area contributed by atoms with E-state index in [1.54, 1.807) is 6.07 Å². The van der Waals surface area contributed by atoms with Crippen LogP contribution in [0.5, 0.6) is 0 Å². The lowest BCUT2D eigenvalue weighted by Gasteiger charge is -2.18. The second-order valence-electron chi connectivity index (χ2n) is 3.90.